The van der Waals surface area contributed by atoms with Gasteiger partial charge in [0.25, 0.3) is 0 Å². The van der Waals surface area contributed by atoms with Crippen molar-refractivity contribution in [1.29, 1.82) is 0 Å². The number of benzene rings is 1. The second kappa shape index (κ2) is 5.13. The minimum Gasteiger partial charge on any atom is -0.450 e. The van der Waals surface area contributed by atoms with Crippen LogP contribution in [0.15, 0.2) is 28.7 Å². The largest absolute Gasteiger partial charge is 0.450 e. The number of ketones is 1. The molecule has 1 aromatic heterocycles. The van der Waals surface area contributed by atoms with Gasteiger partial charge in [0.05, 0.1) is 0 Å². The summed E-state index contributed by atoms with van der Waals surface area (Å²) >= 11 is 0. The van der Waals surface area contributed by atoms with Gasteiger partial charge in [0, 0.05) is 11.8 Å². The Bertz CT molecular complexity index is 528. The number of hydrogen-bond donors (Lipinski definition) is 0. The van der Waals surface area contributed by atoms with Crippen LogP contribution >= 0.6 is 0 Å². The number of carbonyl (C=O) groups excluding carboxylic acids is 1. The Morgan fingerprint density at radius 3 is 2.88 bits per heavy atom. The lowest BCUT2D eigenvalue weighted by atomic mass is 10.1. The second-order valence-electron chi connectivity index (χ2n) is 4.15. The smallest absolute Gasteiger partial charge is 0.198 e. The van der Waals surface area contributed by atoms with E-state index < -0.39 is 5.82 Å². The molecule has 2 nitrogen and oxygen atoms in total. The van der Waals surface area contributed by atoms with E-state index in [1.807, 2.05) is 0 Å². The summed E-state index contributed by atoms with van der Waals surface area (Å²) in [5.74, 6) is -0.203. The maximum Gasteiger partial charge on any atom is 0.198 e. The number of halogens is 1. The van der Waals surface area contributed by atoms with Crippen molar-refractivity contribution in [2.24, 2.45) is 0 Å². The van der Waals surface area contributed by atoms with Crippen molar-refractivity contribution in [3.63, 3.8) is 0 Å². The zero-order valence-electron chi connectivity index (χ0n) is 9.83. The molecule has 0 atom stereocenters. The number of fused-ring (bicyclic) bond motifs is 1. The summed E-state index contributed by atoms with van der Waals surface area (Å²) in [5, 5.41) is 0.642. The van der Waals surface area contributed by atoms with Crippen molar-refractivity contribution < 1.29 is 13.6 Å². The fourth-order valence-corrected chi connectivity index (χ4v) is 1.82. The van der Waals surface area contributed by atoms with E-state index in [0.29, 0.717) is 11.8 Å². The van der Waals surface area contributed by atoms with Crippen LogP contribution in [0, 0.1) is 5.82 Å². The molecule has 0 aliphatic carbocycles. The van der Waals surface area contributed by atoms with E-state index in [0.717, 1.165) is 19.3 Å². The van der Waals surface area contributed by atoms with Gasteiger partial charge < -0.3 is 4.42 Å². The molecule has 2 rings (SSSR count). The Morgan fingerprint density at radius 1 is 1.35 bits per heavy atom. The Kier molecular flexibility index (Phi) is 3.57. The van der Waals surface area contributed by atoms with E-state index in [9.17, 15) is 9.18 Å². The Labute approximate surface area is 99.4 Å². The Hall–Kier alpha value is -1.64. The molecule has 0 bridgehead atoms. The molecule has 0 radical (unpaired) electrons. The minimum atomic E-state index is -0.421. The molecule has 1 heterocycles. The molecule has 90 valence electrons. The molecule has 0 aliphatic heterocycles. The lowest BCUT2D eigenvalue weighted by Crippen LogP contribution is -1.96. The van der Waals surface area contributed by atoms with Gasteiger partial charge in [-0.2, -0.15) is 0 Å². The highest BCUT2D eigenvalue weighted by atomic mass is 19.1. The van der Waals surface area contributed by atoms with E-state index in [-0.39, 0.29) is 17.1 Å². The van der Waals surface area contributed by atoms with E-state index in [1.165, 1.54) is 6.07 Å². The fraction of sp³-hybridized carbons (Fsp3) is 0.357. The first-order valence-corrected chi connectivity index (χ1v) is 5.93. The maximum absolute atomic E-state index is 13.4. The van der Waals surface area contributed by atoms with Crippen molar-refractivity contribution in [3.8, 4) is 0 Å². The highest BCUT2D eigenvalue weighted by Gasteiger charge is 2.13. The molecule has 0 unspecified atom stereocenters. The first-order chi connectivity index (χ1) is 8.22. The zero-order valence-corrected chi connectivity index (χ0v) is 9.83. The molecule has 1 aromatic carbocycles. The van der Waals surface area contributed by atoms with E-state index >= 15 is 0 Å². The quantitative estimate of drug-likeness (QED) is 0.569. The minimum absolute atomic E-state index is 0.0472. The molecule has 0 aliphatic rings. The third kappa shape index (κ3) is 2.54. The van der Waals surface area contributed by atoms with Crippen molar-refractivity contribution in [3.05, 3.63) is 35.8 Å². The van der Waals surface area contributed by atoms with Crippen LogP contribution in [0.3, 0.4) is 0 Å². The van der Waals surface area contributed by atoms with Crippen LogP contribution < -0.4 is 0 Å². The number of carbonyl (C=O) groups is 1. The van der Waals surface area contributed by atoms with Gasteiger partial charge in [-0.05, 0) is 18.6 Å². The number of Topliss-reactive ketones (excluding diaryl/α,β-unsaturated/α-hetero) is 1. The van der Waals surface area contributed by atoms with Gasteiger partial charge in [-0.15, -0.1) is 0 Å². The monoisotopic (exact) mass is 234 g/mol. The molecule has 0 amide bonds. The van der Waals surface area contributed by atoms with Crippen molar-refractivity contribution in [1.82, 2.24) is 0 Å². The molecule has 17 heavy (non-hydrogen) atoms. The molecule has 0 spiro atoms. The van der Waals surface area contributed by atoms with Crippen molar-refractivity contribution >= 4 is 16.8 Å². The van der Waals surface area contributed by atoms with Gasteiger partial charge >= 0.3 is 0 Å². The van der Waals surface area contributed by atoms with Gasteiger partial charge in [0.2, 0.25) is 0 Å². The predicted molar refractivity (Wildman–Crippen MR) is 64.6 cm³/mol. The lowest BCUT2D eigenvalue weighted by Gasteiger charge is -1.95. The predicted octanol–water partition coefficient (Wildman–Crippen LogP) is 4.33. The summed E-state index contributed by atoms with van der Waals surface area (Å²) in [6.45, 7) is 2.08. The summed E-state index contributed by atoms with van der Waals surface area (Å²) in [6.07, 6.45) is 3.42. The summed E-state index contributed by atoms with van der Waals surface area (Å²) in [7, 11) is 0. The molecule has 0 saturated heterocycles. The van der Waals surface area contributed by atoms with Crippen LogP contribution in [0.4, 0.5) is 4.39 Å². The average Bonchev–Trinajstić information content (AvgIpc) is 2.75. The molecule has 3 heteroatoms. The number of rotatable bonds is 5. The van der Waals surface area contributed by atoms with Crippen LogP contribution in [0.5, 0.6) is 0 Å². The van der Waals surface area contributed by atoms with Crippen molar-refractivity contribution in [2.45, 2.75) is 32.6 Å². The lowest BCUT2D eigenvalue weighted by molar-refractivity contribution is 0.0954. The van der Waals surface area contributed by atoms with Gasteiger partial charge in [0.15, 0.2) is 22.9 Å². The summed E-state index contributed by atoms with van der Waals surface area (Å²) < 4.78 is 18.6. The van der Waals surface area contributed by atoms with E-state index in [1.54, 1.807) is 18.2 Å². The van der Waals surface area contributed by atoms with Gasteiger partial charge in [-0.25, -0.2) is 4.39 Å². The van der Waals surface area contributed by atoms with Crippen LogP contribution in [0.25, 0.3) is 11.0 Å². The third-order valence-corrected chi connectivity index (χ3v) is 2.78. The molecule has 0 saturated carbocycles. The third-order valence-electron chi connectivity index (χ3n) is 2.78. The highest BCUT2D eigenvalue weighted by molar-refractivity contribution is 5.97. The van der Waals surface area contributed by atoms with Crippen LogP contribution in [-0.4, -0.2) is 5.78 Å². The number of para-hydroxylation sites is 1. The topological polar surface area (TPSA) is 30.2 Å². The summed E-state index contributed by atoms with van der Waals surface area (Å²) in [6, 6.07) is 6.30. The Balaban J connectivity index is 2.19. The van der Waals surface area contributed by atoms with Crippen molar-refractivity contribution in [2.75, 3.05) is 0 Å². The Morgan fingerprint density at radius 2 is 2.18 bits per heavy atom. The molecule has 0 fully saturated rings. The molecular formula is C14H15FO2. The second-order valence-corrected chi connectivity index (χ2v) is 4.15. The van der Waals surface area contributed by atoms with Crippen LogP contribution in [0.2, 0.25) is 0 Å². The average molecular weight is 234 g/mol. The fourth-order valence-electron chi connectivity index (χ4n) is 1.82. The summed E-state index contributed by atoms with van der Waals surface area (Å²) in [4.78, 5) is 11.8. The van der Waals surface area contributed by atoms with Crippen LogP contribution in [0.1, 0.15) is 43.2 Å². The SMILES string of the molecule is CCCCCC(=O)c1cc2cccc(F)c2o1. The summed E-state index contributed by atoms with van der Waals surface area (Å²) in [5.41, 5.74) is 0.173. The van der Waals surface area contributed by atoms with E-state index in [2.05, 4.69) is 6.92 Å². The highest BCUT2D eigenvalue weighted by Crippen LogP contribution is 2.23. The standard InChI is InChI=1S/C14H15FO2/c1-2-3-4-8-12(16)13-9-10-6-5-7-11(15)14(10)17-13/h5-7,9H,2-4,8H2,1H3. The van der Waals surface area contributed by atoms with Gasteiger partial charge in [-0.3, -0.25) is 4.79 Å². The first-order valence-electron chi connectivity index (χ1n) is 5.93. The number of unbranched alkanes of at least 4 members (excludes halogenated alkanes) is 2. The van der Waals surface area contributed by atoms with E-state index in [4.69, 9.17) is 4.42 Å². The first kappa shape index (κ1) is 11.8. The molecule has 2 aromatic rings. The van der Waals surface area contributed by atoms with Gasteiger partial charge in [0.1, 0.15) is 0 Å². The number of furan rings is 1. The zero-order chi connectivity index (χ0) is 12.3. The number of hydrogen-bond acceptors (Lipinski definition) is 2. The molecular weight excluding hydrogens is 219 g/mol. The van der Waals surface area contributed by atoms with Gasteiger partial charge in [-0.1, -0.05) is 31.9 Å². The maximum atomic E-state index is 13.4. The molecule has 0 N–H and O–H groups in total. The van der Waals surface area contributed by atoms with Crippen LogP contribution in [-0.2, 0) is 0 Å². The normalized spacial score (nSPS) is 10.9.